The van der Waals surface area contributed by atoms with Crippen molar-refractivity contribution in [1.82, 2.24) is 0 Å². The van der Waals surface area contributed by atoms with Crippen LogP contribution in [0.4, 0.5) is 0 Å². The van der Waals surface area contributed by atoms with E-state index in [4.69, 9.17) is 10.2 Å². The van der Waals surface area contributed by atoms with Crippen LogP contribution in [0, 0.1) is 0 Å². The highest BCUT2D eigenvalue weighted by molar-refractivity contribution is 5.91. The van der Waals surface area contributed by atoms with Crippen molar-refractivity contribution >= 4 is 5.97 Å². The molecule has 0 bridgehead atoms. The number of aliphatic hydroxyl groups is 2. The molecule has 0 spiro atoms. The number of carbonyl (C=O) groups is 1. The minimum atomic E-state index is -0.414. The van der Waals surface area contributed by atoms with E-state index in [1.807, 2.05) is 6.07 Å². The van der Waals surface area contributed by atoms with Crippen molar-refractivity contribution in [2.75, 3.05) is 20.3 Å². The molecule has 88 valence electrons. The van der Waals surface area contributed by atoms with Crippen LogP contribution in [0.1, 0.15) is 21.5 Å². The fourth-order valence-electron chi connectivity index (χ4n) is 1.55. The number of aliphatic hydroxyl groups excluding tert-OH is 2. The molecule has 0 radical (unpaired) electrons. The van der Waals surface area contributed by atoms with Gasteiger partial charge < -0.3 is 14.9 Å². The molecule has 0 unspecified atom stereocenters. The van der Waals surface area contributed by atoms with Gasteiger partial charge in [0.1, 0.15) is 0 Å². The van der Waals surface area contributed by atoms with Gasteiger partial charge >= 0.3 is 5.97 Å². The van der Waals surface area contributed by atoms with Crippen LogP contribution in [-0.2, 0) is 17.6 Å². The van der Waals surface area contributed by atoms with Gasteiger partial charge in [0.05, 0.1) is 12.7 Å². The lowest BCUT2D eigenvalue weighted by atomic mass is 10.0. The van der Waals surface area contributed by atoms with Crippen molar-refractivity contribution in [1.29, 1.82) is 0 Å². The first kappa shape index (κ1) is 12.7. The molecule has 16 heavy (non-hydrogen) atoms. The van der Waals surface area contributed by atoms with E-state index in [1.165, 1.54) is 7.11 Å². The average molecular weight is 224 g/mol. The van der Waals surface area contributed by atoms with Crippen LogP contribution in [0.2, 0.25) is 0 Å². The topological polar surface area (TPSA) is 66.8 Å². The molecule has 0 saturated carbocycles. The maximum Gasteiger partial charge on any atom is 0.338 e. The first-order valence-electron chi connectivity index (χ1n) is 5.14. The first-order valence-corrected chi connectivity index (χ1v) is 5.14. The number of esters is 1. The molecule has 0 atom stereocenters. The number of carbonyl (C=O) groups excluding carboxylic acids is 1. The number of hydrogen-bond acceptors (Lipinski definition) is 4. The van der Waals surface area contributed by atoms with Crippen molar-refractivity contribution in [2.45, 2.75) is 12.8 Å². The van der Waals surface area contributed by atoms with E-state index < -0.39 is 5.97 Å². The van der Waals surface area contributed by atoms with E-state index in [0.29, 0.717) is 18.4 Å². The maximum atomic E-state index is 11.5. The predicted molar refractivity (Wildman–Crippen MR) is 59.4 cm³/mol. The Balaban J connectivity index is 3.05. The predicted octanol–water partition coefficient (Wildman–Crippen LogP) is 0.543. The fraction of sp³-hybridized carbons (Fsp3) is 0.417. The van der Waals surface area contributed by atoms with E-state index in [0.717, 1.165) is 11.1 Å². The zero-order valence-electron chi connectivity index (χ0n) is 9.27. The summed E-state index contributed by atoms with van der Waals surface area (Å²) < 4.78 is 4.67. The van der Waals surface area contributed by atoms with Crippen molar-refractivity contribution < 1.29 is 19.7 Å². The van der Waals surface area contributed by atoms with Gasteiger partial charge in [0.15, 0.2) is 0 Å². The third-order valence-corrected chi connectivity index (χ3v) is 2.36. The molecule has 2 N–H and O–H groups in total. The molecule has 4 heteroatoms. The van der Waals surface area contributed by atoms with E-state index in [-0.39, 0.29) is 13.2 Å². The Morgan fingerprint density at radius 3 is 2.50 bits per heavy atom. The SMILES string of the molecule is COC(=O)c1cc(CCO)ccc1CCO. The van der Waals surface area contributed by atoms with Crippen LogP contribution in [0.3, 0.4) is 0 Å². The molecular weight excluding hydrogens is 208 g/mol. The maximum absolute atomic E-state index is 11.5. The Bertz CT molecular complexity index is 360. The van der Waals surface area contributed by atoms with Gasteiger partial charge in [-0.2, -0.15) is 0 Å². The van der Waals surface area contributed by atoms with E-state index in [1.54, 1.807) is 12.1 Å². The van der Waals surface area contributed by atoms with Crippen molar-refractivity contribution in [3.05, 3.63) is 34.9 Å². The number of methoxy groups -OCH3 is 1. The van der Waals surface area contributed by atoms with Crippen LogP contribution in [0.15, 0.2) is 18.2 Å². The molecule has 0 aromatic heterocycles. The minimum Gasteiger partial charge on any atom is -0.465 e. The van der Waals surface area contributed by atoms with Crippen LogP contribution in [0.5, 0.6) is 0 Å². The van der Waals surface area contributed by atoms with Crippen molar-refractivity contribution in [3.8, 4) is 0 Å². The first-order chi connectivity index (χ1) is 7.72. The van der Waals surface area contributed by atoms with Gasteiger partial charge in [0.25, 0.3) is 0 Å². The quantitative estimate of drug-likeness (QED) is 0.716. The van der Waals surface area contributed by atoms with Gasteiger partial charge in [0.2, 0.25) is 0 Å². The molecular formula is C12H16O4. The number of hydrogen-bond donors (Lipinski definition) is 2. The average Bonchev–Trinajstić information content (AvgIpc) is 2.31. The molecule has 0 fully saturated rings. The number of benzene rings is 1. The van der Waals surface area contributed by atoms with Gasteiger partial charge in [-0.05, 0) is 30.0 Å². The van der Waals surface area contributed by atoms with Crippen LogP contribution in [0.25, 0.3) is 0 Å². The van der Waals surface area contributed by atoms with Crippen molar-refractivity contribution in [3.63, 3.8) is 0 Å². The van der Waals surface area contributed by atoms with Gasteiger partial charge in [-0.3, -0.25) is 0 Å². The van der Waals surface area contributed by atoms with Gasteiger partial charge in [-0.15, -0.1) is 0 Å². The molecule has 0 aliphatic rings. The molecule has 0 saturated heterocycles. The summed E-state index contributed by atoms with van der Waals surface area (Å²) in [5.74, 6) is -0.414. The molecule has 0 heterocycles. The van der Waals surface area contributed by atoms with Gasteiger partial charge in [-0.1, -0.05) is 12.1 Å². The molecule has 4 nitrogen and oxygen atoms in total. The second-order valence-electron chi connectivity index (χ2n) is 3.43. The largest absolute Gasteiger partial charge is 0.465 e. The van der Waals surface area contributed by atoms with E-state index >= 15 is 0 Å². The highest BCUT2D eigenvalue weighted by Crippen LogP contribution is 2.14. The van der Waals surface area contributed by atoms with Crippen LogP contribution < -0.4 is 0 Å². The van der Waals surface area contributed by atoms with Crippen LogP contribution >= 0.6 is 0 Å². The second-order valence-corrected chi connectivity index (χ2v) is 3.43. The molecule has 1 aromatic rings. The summed E-state index contributed by atoms with van der Waals surface area (Å²) in [6, 6.07) is 5.33. The van der Waals surface area contributed by atoms with E-state index in [9.17, 15) is 4.79 Å². The summed E-state index contributed by atoms with van der Waals surface area (Å²) >= 11 is 0. The summed E-state index contributed by atoms with van der Waals surface area (Å²) in [6.45, 7) is 0.0311. The Hall–Kier alpha value is -1.39. The van der Waals surface area contributed by atoms with Crippen LogP contribution in [-0.4, -0.2) is 36.5 Å². The lowest BCUT2D eigenvalue weighted by Crippen LogP contribution is -2.08. The Morgan fingerprint density at radius 2 is 1.94 bits per heavy atom. The number of rotatable bonds is 5. The third kappa shape index (κ3) is 3.05. The van der Waals surface area contributed by atoms with Crippen molar-refractivity contribution in [2.24, 2.45) is 0 Å². The minimum absolute atomic E-state index is 0.0106. The summed E-state index contributed by atoms with van der Waals surface area (Å²) in [5.41, 5.74) is 2.10. The lowest BCUT2D eigenvalue weighted by molar-refractivity contribution is 0.0599. The van der Waals surface area contributed by atoms with E-state index in [2.05, 4.69) is 4.74 Å². The molecule has 1 rings (SSSR count). The second kappa shape index (κ2) is 6.25. The Morgan fingerprint density at radius 1 is 1.25 bits per heavy atom. The molecule has 0 aliphatic carbocycles. The summed E-state index contributed by atoms with van der Waals surface area (Å²) in [6.07, 6.45) is 0.924. The van der Waals surface area contributed by atoms with Gasteiger partial charge in [0, 0.05) is 13.2 Å². The lowest BCUT2D eigenvalue weighted by Gasteiger charge is -2.08. The summed E-state index contributed by atoms with van der Waals surface area (Å²) in [5, 5.41) is 17.7. The summed E-state index contributed by atoms with van der Waals surface area (Å²) in [4.78, 5) is 11.5. The third-order valence-electron chi connectivity index (χ3n) is 2.36. The molecule has 0 aliphatic heterocycles. The Labute approximate surface area is 94.5 Å². The monoisotopic (exact) mass is 224 g/mol. The summed E-state index contributed by atoms with van der Waals surface area (Å²) in [7, 11) is 1.32. The zero-order chi connectivity index (χ0) is 12.0. The number of ether oxygens (including phenoxy) is 1. The molecule has 0 amide bonds. The highest BCUT2D eigenvalue weighted by Gasteiger charge is 2.12. The smallest absolute Gasteiger partial charge is 0.338 e. The van der Waals surface area contributed by atoms with Gasteiger partial charge in [-0.25, -0.2) is 4.79 Å². The fourth-order valence-corrected chi connectivity index (χ4v) is 1.55. The highest BCUT2D eigenvalue weighted by atomic mass is 16.5. The zero-order valence-corrected chi connectivity index (χ0v) is 9.27. The Kier molecular flexibility index (Phi) is 4.95. The molecule has 1 aromatic carbocycles. The standard InChI is InChI=1S/C12H16O4/c1-16-12(15)11-8-9(4-6-13)2-3-10(11)5-7-14/h2-3,8,13-14H,4-7H2,1H3. The normalized spacial score (nSPS) is 10.2.